The number of likely N-dealkylation sites (tertiary alicyclic amines) is 1. The number of carbonyl (C=O) groups is 1. The van der Waals surface area contributed by atoms with Gasteiger partial charge in [-0.2, -0.15) is 0 Å². The number of amides is 1. The number of hydrogen-bond acceptors (Lipinski definition) is 3. The minimum atomic E-state index is 0.105. The van der Waals surface area contributed by atoms with Gasteiger partial charge in [-0.1, -0.05) is 6.58 Å². The molecule has 1 amide bonds. The molecule has 0 saturated carbocycles. The van der Waals surface area contributed by atoms with E-state index in [0.29, 0.717) is 11.5 Å². The predicted molar refractivity (Wildman–Crippen MR) is 69.9 cm³/mol. The Hall–Kier alpha value is -1.16. The number of hydrogen-bond donors (Lipinski definition) is 0. The third-order valence-electron chi connectivity index (χ3n) is 3.12. The lowest BCUT2D eigenvalue weighted by Gasteiger charge is -2.32. The first-order chi connectivity index (χ1) is 8.16. The molecular formula is C13H18N2OS. The smallest absolute Gasteiger partial charge is 0.248 e. The van der Waals surface area contributed by atoms with Gasteiger partial charge in [-0.25, -0.2) is 4.98 Å². The van der Waals surface area contributed by atoms with Gasteiger partial charge in [0.2, 0.25) is 5.91 Å². The third kappa shape index (κ3) is 3.16. The Morgan fingerprint density at radius 3 is 3.18 bits per heavy atom. The van der Waals surface area contributed by atoms with Crippen LogP contribution in [0.5, 0.6) is 0 Å². The first-order valence-electron chi connectivity index (χ1n) is 6.00. The summed E-state index contributed by atoms with van der Waals surface area (Å²) in [7, 11) is 0. The molecule has 2 rings (SSSR count). The quantitative estimate of drug-likeness (QED) is 0.772. The number of piperidine rings is 1. The molecule has 0 aromatic carbocycles. The van der Waals surface area contributed by atoms with E-state index in [4.69, 9.17) is 0 Å². The predicted octanol–water partition coefficient (Wildman–Crippen LogP) is 2.50. The van der Waals surface area contributed by atoms with Crippen LogP contribution < -0.4 is 0 Å². The van der Waals surface area contributed by atoms with Crippen molar-refractivity contribution in [3.8, 4) is 0 Å². The standard InChI is InChI=1S/C13H18N2OS/c1-10(2)13(16)15-6-3-4-11(9-15)8-12-14-5-7-17-12/h5,7,11H,1,3-4,6,8-9H2,2H3. The normalized spacial score (nSPS) is 20.3. The van der Waals surface area contributed by atoms with Crippen LogP contribution in [-0.4, -0.2) is 28.9 Å². The Morgan fingerprint density at radius 2 is 2.53 bits per heavy atom. The summed E-state index contributed by atoms with van der Waals surface area (Å²) in [6.07, 6.45) is 5.13. The summed E-state index contributed by atoms with van der Waals surface area (Å²) in [5, 5.41) is 3.19. The summed E-state index contributed by atoms with van der Waals surface area (Å²) in [5.74, 6) is 0.659. The number of thiazole rings is 1. The molecule has 3 nitrogen and oxygen atoms in total. The monoisotopic (exact) mass is 250 g/mol. The molecule has 0 bridgehead atoms. The highest BCUT2D eigenvalue weighted by Gasteiger charge is 2.24. The van der Waals surface area contributed by atoms with Gasteiger partial charge < -0.3 is 4.90 Å². The van der Waals surface area contributed by atoms with Crippen molar-refractivity contribution in [2.45, 2.75) is 26.2 Å². The maximum Gasteiger partial charge on any atom is 0.248 e. The van der Waals surface area contributed by atoms with Crippen molar-refractivity contribution >= 4 is 17.2 Å². The average molecular weight is 250 g/mol. The van der Waals surface area contributed by atoms with Crippen molar-refractivity contribution in [1.82, 2.24) is 9.88 Å². The molecule has 1 aromatic rings. The molecule has 1 aromatic heterocycles. The molecular weight excluding hydrogens is 232 g/mol. The lowest BCUT2D eigenvalue weighted by atomic mass is 9.94. The van der Waals surface area contributed by atoms with Crippen LogP contribution in [-0.2, 0) is 11.2 Å². The van der Waals surface area contributed by atoms with E-state index >= 15 is 0 Å². The van der Waals surface area contributed by atoms with Gasteiger partial charge in [-0.05, 0) is 25.7 Å². The number of carbonyl (C=O) groups excluding carboxylic acids is 1. The van der Waals surface area contributed by atoms with Crippen LogP contribution in [0, 0.1) is 5.92 Å². The van der Waals surface area contributed by atoms with Crippen molar-refractivity contribution in [2.75, 3.05) is 13.1 Å². The SMILES string of the molecule is C=C(C)C(=O)N1CCCC(Cc2nccs2)C1. The zero-order valence-electron chi connectivity index (χ0n) is 10.2. The van der Waals surface area contributed by atoms with E-state index in [-0.39, 0.29) is 5.91 Å². The Labute approximate surface area is 106 Å². The second kappa shape index (κ2) is 5.45. The second-order valence-electron chi connectivity index (χ2n) is 4.67. The van der Waals surface area contributed by atoms with Crippen molar-refractivity contribution in [3.05, 3.63) is 28.7 Å². The minimum absolute atomic E-state index is 0.105. The lowest BCUT2D eigenvalue weighted by Crippen LogP contribution is -2.40. The van der Waals surface area contributed by atoms with E-state index in [9.17, 15) is 4.79 Å². The third-order valence-corrected chi connectivity index (χ3v) is 3.92. The lowest BCUT2D eigenvalue weighted by molar-refractivity contribution is -0.128. The van der Waals surface area contributed by atoms with Crippen LogP contribution in [0.2, 0.25) is 0 Å². The maximum atomic E-state index is 11.9. The van der Waals surface area contributed by atoms with Gasteiger partial charge in [-0.3, -0.25) is 4.79 Å². The van der Waals surface area contributed by atoms with Crippen LogP contribution in [0.4, 0.5) is 0 Å². The number of nitrogens with zero attached hydrogens (tertiary/aromatic N) is 2. The molecule has 1 aliphatic heterocycles. The van der Waals surface area contributed by atoms with Gasteiger partial charge in [0.1, 0.15) is 0 Å². The number of rotatable bonds is 3. The fraction of sp³-hybridized carbons (Fsp3) is 0.538. The van der Waals surface area contributed by atoms with Gasteiger partial charge in [0.15, 0.2) is 0 Å². The summed E-state index contributed by atoms with van der Waals surface area (Å²) < 4.78 is 0. The van der Waals surface area contributed by atoms with E-state index < -0.39 is 0 Å². The molecule has 1 unspecified atom stereocenters. The zero-order valence-corrected chi connectivity index (χ0v) is 11.0. The molecule has 0 aliphatic carbocycles. The molecule has 4 heteroatoms. The fourth-order valence-corrected chi connectivity index (χ4v) is 3.02. The van der Waals surface area contributed by atoms with E-state index in [1.165, 1.54) is 11.4 Å². The summed E-state index contributed by atoms with van der Waals surface area (Å²) in [6.45, 7) is 7.24. The maximum absolute atomic E-state index is 11.9. The molecule has 0 N–H and O–H groups in total. The Morgan fingerprint density at radius 1 is 1.71 bits per heavy atom. The molecule has 2 heterocycles. The topological polar surface area (TPSA) is 33.2 Å². The average Bonchev–Trinajstić information content (AvgIpc) is 2.81. The number of aromatic nitrogens is 1. The second-order valence-corrected chi connectivity index (χ2v) is 5.65. The van der Waals surface area contributed by atoms with E-state index in [0.717, 1.165) is 25.9 Å². The molecule has 1 aliphatic rings. The fourth-order valence-electron chi connectivity index (χ4n) is 2.29. The largest absolute Gasteiger partial charge is 0.339 e. The molecule has 1 saturated heterocycles. The first kappa shape index (κ1) is 12.3. The molecule has 17 heavy (non-hydrogen) atoms. The van der Waals surface area contributed by atoms with Gasteiger partial charge in [0, 0.05) is 36.7 Å². The summed E-state index contributed by atoms with van der Waals surface area (Å²) in [6, 6.07) is 0. The molecule has 1 atom stereocenters. The van der Waals surface area contributed by atoms with E-state index in [2.05, 4.69) is 11.6 Å². The zero-order chi connectivity index (χ0) is 12.3. The minimum Gasteiger partial charge on any atom is -0.339 e. The van der Waals surface area contributed by atoms with Crippen molar-refractivity contribution in [1.29, 1.82) is 0 Å². The van der Waals surface area contributed by atoms with Crippen molar-refractivity contribution in [3.63, 3.8) is 0 Å². The van der Waals surface area contributed by atoms with Gasteiger partial charge in [0.25, 0.3) is 0 Å². The van der Waals surface area contributed by atoms with Gasteiger partial charge in [-0.15, -0.1) is 11.3 Å². The highest BCUT2D eigenvalue weighted by atomic mass is 32.1. The molecule has 0 spiro atoms. The van der Waals surface area contributed by atoms with Gasteiger partial charge in [0.05, 0.1) is 5.01 Å². The first-order valence-corrected chi connectivity index (χ1v) is 6.88. The van der Waals surface area contributed by atoms with Crippen LogP contribution in [0.1, 0.15) is 24.8 Å². The Kier molecular flexibility index (Phi) is 3.94. The van der Waals surface area contributed by atoms with Crippen LogP contribution in [0.15, 0.2) is 23.7 Å². The van der Waals surface area contributed by atoms with Crippen molar-refractivity contribution < 1.29 is 4.79 Å². The Bertz CT molecular complexity index is 400. The molecule has 0 radical (unpaired) electrons. The summed E-state index contributed by atoms with van der Waals surface area (Å²) >= 11 is 1.70. The van der Waals surface area contributed by atoms with Crippen molar-refractivity contribution in [2.24, 2.45) is 5.92 Å². The summed E-state index contributed by atoms with van der Waals surface area (Å²) in [5.41, 5.74) is 0.639. The van der Waals surface area contributed by atoms with E-state index in [1.807, 2.05) is 16.5 Å². The summed E-state index contributed by atoms with van der Waals surface area (Å²) in [4.78, 5) is 18.1. The molecule has 1 fully saturated rings. The van der Waals surface area contributed by atoms with Crippen LogP contribution in [0.3, 0.4) is 0 Å². The van der Waals surface area contributed by atoms with Crippen LogP contribution >= 0.6 is 11.3 Å². The highest BCUT2D eigenvalue weighted by Crippen LogP contribution is 2.22. The van der Waals surface area contributed by atoms with E-state index in [1.54, 1.807) is 18.3 Å². The highest BCUT2D eigenvalue weighted by molar-refractivity contribution is 7.09. The van der Waals surface area contributed by atoms with Gasteiger partial charge >= 0.3 is 0 Å². The Balaban J connectivity index is 1.93. The molecule has 92 valence electrons. The van der Waals surface area contributed by atoms with Crippen LogP contribution in [0.25, 0.3) is 0 Å².